The minimum absolute atomic E-state index is 0.348. The molecular weight excluding hydrogens is 208 g/mol. The van der Waals surface area contributed by atoms with Gasteiger partial charge in [-0.2, -0.15) is 0 Å². The molecule has 3 aliphatic rings. The van der Waals surface area contributed by atoms with Crippen LogP contribution in [0.5, 0.6) is 0 Å². The Hall–Kier alpha value is -0.0800. The zero-order valence-corrected chi connectivity index (χ0v) is 12.4. The molecular formula is C15H32N2. The van der Waals surface area contributed by atoms with Crippen LogP contribution < -0.4 is 5.73 Å². The lowest BCUT2D eigenvalue weighted by Gasteiger charge is -2.43. The summed E-state index contributed by atoms with van der Waals surface area (Å²) in [5, 5.41) is 0. The number of rotatable bonds is 0. The molecule has 2 aliphatic carbocycles. The smallest absolute Gasteiger partial charge is 0.0572 e. The molecule has 17 heavy (non-hydrogen) atoms. The van der Waals surface area contributed by atoms with Gasteiger partial charge in [-0.15, -0.1) is 0 Å². The van der Waals surface area contributed by atoms with Crippen LogP contribution in [0.1, 0.15) is 53.4 Å². The van der Waals surface area contributed by atoms with Crippen molar-refractivity contribution in [2.24, 2.45) is 29.4 Å². The molecule has 102 valence electrons. The molecule has 1 heterocycles. The summed E-state index contributed by atoms with van der Waals surface area (Å²) in [7, 11) is 2.19. The summed E-state index contributed by atoms with van der Waals surface area (Å²) in [6, 6.07) is 0. The van der Waals surface area contributed by atoms with Gasteiger partial charge in [0.05, 0.1) is 6.17 Å². The Morgan fingerprint density at radius 1 is 0.882 bits per heavy atom. The molecule has 0 aromatic rings. The van der Waals surface area contributed by atoms with Crippen molar-refractivity contribution in [2.45, 2.75) is 59.5 Å². The monoisotopic (exact) mass is 240 g/mol. The Bertz CT molecular complexity index is 195. The topological polar surface area (TPSA) is 29.3 Å². The van der Waals surface area contributed by atoms with Crippen LogP contribution in [0.4, 0.5) is 0 Å². The van der Waals surface area contributed by atoms with Gasteiger partial charge in [-0.05, 0) is 56.4 Å². The molecule has 0 spiro atoms. The van der Waals surface area contributed by atoms with Crippen molar-refractivity contribution in [1.29, 1.82) is 0 Å². The standard InChI is InChI=1S/C11H20N2.2C2H6/c1-13-6-10-8-3-2-7(4-8)9(10)5-11(13)12;2*1-2/h7-11H,2-6,12H2,1H3;2*1-2H3. The number of likely N-dealkylation sites (tertiary alicyclic amines) is 1. The quantitative estimate of drug-likeness (QED) is 0.704. The molecule has 3 rings (SSSR count). The summed E-state index contributed by atoms with van der Waals surface area (Å²) in [4.78, 5) is 2.36. The minimum atomic E-state index is 0.348. The zero-order valence-electron chi connectivity index (χ0n) is 12.4. The normalized spacial score (nSPS) is 43.1. The Morgan fingerprint density at radius 2 is 1.41 bits per heavy atom. The first-order valence-electron chi connectivity index (χ1n) is 7.71. The Kier molecular flexibility index (Phi) is 5.94. The van der Waals surface area contributed by atoms with Gasteiger partial charge in [0.15, 0.2) is 0 Å². The second-order valence-electron chi connectivity index (χ2n) is 5.40. The molecule has 0 radical (unpaired) electrons. The number of nitrogens with two attached hydrogens (primary N) is 1. The highest BCUT2D eigenvalue weighted by molar-refractivity contribution is 5.00. The van der Waals surface area contributed by atoms with Gasteiger partial charge >= 0.3 is 0 Å². The molecule has 5 atom stereocenters. The summed E-state index contributed by atoms with van der Waals surface area (Å²) in [6.07, 6.45) is 6.15. The van der Waals surface area contributed by atoms with Crippen molar-refractivity contribution in [3.63, 3.8) is 0 Å². The molecule has 1 saturated heterocycles. The Balaban J connectivity index is 0.000000330. The fourth-order valence-corrected chi connectivity index (χ4v) is 4.11. The van der Waals surface area contributed by atoms with E-state index in [9.17, 15) is 0 Å². The maximum absolute atomic E-state index is 6.09. The highest BCUT2D eigenvalue weighted by Gasteiger charge is 2.50. The maximum atomic E-state index is 6.09. The predicted molar refractivity (Wildman–Crippen MR) is 75.7 cm³/mol. The molecule has 3 fully saturated rings. The van der Waals surface area contributed by atoms with Crippen LogP contribution in [-0.2, 0) is 0 Å². The average Bonchev–Trinajstić information content (AvgIpc) is 2.97. The summed E-state index contributed by atoms with van der Waals surface area (Å²) in [6.45, 7) is 9.27. The van der Waals surface area contributed by atoms with Gasteiger partial charge in [0.25, 0.3) is 0 Å². The highest BCUT2D eigenvalue weighted by Crippen LogP contribution is 2.55. The first-order chi connectivity index (χ1) is 8.25. The molecule has 0 aromatic carbocycles. The fourth-order valence-electron chi connectivity index (χ4n) is 4.11. The molecule has 2 heteroatoms. The van der Waals surface area contributed by atoms with Crippen molar-refractivity contribution in [1.82, 2.24) is 4.90 Å². The van der Waals surface area contributed by atoms with E-state index >= 15 is 0 Å². The highest BCUT2D eigenvalue weighted by atomic mass is 15.2. The number of piperidine rings is 1. The van der Waals surface area contributed by atoms with Crippen molar-refractivity contribution in [3.8, 4) is 0 Å². The Labute approximate surface area is 108 Å². The zero-order chi connectivity index (χ0) is 13.0. The van der Waals surface area contributed by atoms with Gasteiger partial charge < -0.3 is 5.73 Å². The SMILES string of the molecule is CC.CC.CN1CC2C3CCC(C3)C2CC1N. The largest absolute Gasteiger partial charge is 0.316 e. The third-order valence-corrected chi connectivity index (χ3v) is 4.85. The third-order valence-electron chi connectivity index (χ3n) is 4.85. The first kappa shape index (κ1) is 15.0. The average molecular weight is 240 g/mol. The predicted octanol–water partition coefficient (Wildman–Crippen LogP) is 3.32. The summed E-state index contributed by atoms with van der Waals surface area (Å²) < 4.78 is 0. The van der Waals surface area contributed by atoms with E-state index in [-0.39, 0.29) is 0 Å². The molecule has 1 aliphatic heterocycles. The first-order valence-corrected chi connectivity index (χ1v) is 7.71. The summed E-state index contributed by atoms with van der Waals surface area (Å²) in [5.41, 5.74) is 6.09. The van der Waals surface area contributed by atoms with E-state index in [2.05, 4.69) is 11.9 Å². The number of nitrogens with zero attached hydrogens (tertiary/aromatic N) is 1. The van der Waals surface area contributed by atoms with Gasteiger partial charge in [-0.3, -0.25) is 4.90 Å². The van der Waals surface area contributed by atoms with Crippen LogP contribution >= 0.6 is 0 Å². The van der Waals surface area contributed by atoms with Crippen LogP contribution in [0.3, 0.4) is 0 Å². The molecule has 2 N–H and O–H groups in total. The lowest BCUT2D eigenvalue weighted by atomic mass is 9.74. The number of fused-ring (bicyclic) bond motifs is 5. The van der Waals surface area contributed by atoms with Crippen LogP contribution in [0.25, 0.3) is 0 Å². The second-order valence-corrected chi connectivity index (χ2v) is 5.40. The van der Waals surface area contributed by atoms with Gasteiger partial charge in [0, 0.05) is 6.54 Å². The van der Waals surface area contributed by atoms with Crippen molar-refractivity contribution in [2.75, 3.05) is 13.6 Å². The van der Waals surface area contributed by atoms with E-state index in [0.717, 1.165) is 23.7 Å². The van der Waals surface area contributed by atoms with E-state index in [1.807, 2.05) is 27.7 Å². The van der Waals surface area contributed by atoms with Crippen molar-refractivity contribution < 1.29 is 0 Å². The molecule has 2 bridgehead atoms. The van der Waals surface area contributed by atoms with E-state index < -0.39 is 0 Å². The number of hydrogen-bond acceptors (Lipinski definition) is 2. The van der Waals surface area contributed by atoms with Gasteiger partial charge in [-0.1, -0.05) is 27.7 Å². The van der Waals surface area contributed by atoms with E-state index in [1.165, 1.54) is 32.2 Å². The Morgan fingerprint density at radius 3 is 2.00 bits per heavy atom. The van der Waals surface area contributed by atoms with Crippen LogP contribution in [0.15, 0.2) is 0 Å². The van der Waals surface area contributed by atoms with Crippen molar-refractivity contribution >= 4 is 0 Å². The second kappa shape index (κ2) is 6.75. The molecule has 0 amide bonds. The van der Waals surface area contributed by atoms with Crippen LogP contribution in [0.2, 0.25) is 0 Å². The van der Waals surface area contributed by atoms with E-state index in [0.29, 0.717) is 6.17 Å². The van der Waals surface area contributed by atoms with Crippen molar-refractivity contribution in [3.05, 3.63) is 0 Å². The summed E-state index contributed by atoms with van der Waals surface area (Å²) >= 11 is 0. The lowest BCUT2D eigenvalue weighted by molar-refractivity contribution is 0.0530. The van der Waals surface area contributed by atoms with Gasteiger partial charge in [-0.25, -0.2) is 0 Å². The number of hydrogen-bond donors (Lipinski definition) is 1. The summed E-state index contributed by atoms with van der Waals surface area (Å²) in [5.74, 6) is 4.10. The minimum Gasteiger partial charge on any atom is -0.316 e. The maximum Gasteiger partial charge on any atom is 0.0572 e. The molecule has 2 nitrogen and oxygen atoms in total. The van der Waals surface area contributed by atoms with E-state index in [4.69, 9.17) is 5.73 Å². The van der Waals surface area contributed by atoms with Crippen LogP contribution in [-0.4, -0.2) is 24.7 Å². The van der Waals surface area contributed by atoms with Gasteiger partial charge in [0.2, 0.25) is 0 Å². The fraction of sp³-hybridized carbons (Fsp3) is 1.00. The van der Waals surface area contributed by atoms with Crippen LogP contribution in [0, 0.1) is 23.7 Å². The molecule has 0 aromatic heterocycles. The van der Waals surface area contributed by atoms with E-state index in [1.54, 1.807) is 0 Å². The van der Waals surface area contributed by atoms with Gasteiger partial charge in [0.1, 0.15) is 0 Å². The molecule has 5 unspecified atom stereocenters. The lowest BCUT2D eigenvalue weighted by Crippen LogP contribution is -2.51. The molecule has 2 saturated carbocycles. The third kappa shape index (κ3) is 2.85.